The second-order valence-electron chi connectivity index (χ2n) is 6.18. The number of nitrogens with zero attached hydrogens (tertiary/aromatic N) is 4. The molecule has 0 aliphatic heterocycles. The Balaban J connectivity index is 1.93. The molecule has 1 fully saturated rings. The molecule has 1 N–H and O–H groups in total. The zero-order valence-corrected chi connectivity index (χ0v) is 13.5. The third-order valence-corrected chi connectivity index (χ3v) is 4.18. The van der Waals surface area contributed by atoms with Crippen LogP contribution in [0.2, 0.25) is 0 Å². The van der Waals surface area contributed by atoms with Gasteiger partial charge in [-0.2, -0.15) is 5.10 Å². The molecule has 0 spiro atoms. The molecule has 1 aliphatic carbocycles. The summed E-state index contributed by atoms with van der Waals surface area (Å²) in [7, 11) is 1.71. The Bertz CT molecular complexity index is 1010. The van der Waals surface area contributed by atoms with Gasteiger partial charge >= 0.3 is 0 Å². The number of aryl methyl sites for hydroxylation is 1. The van der Waals surface area contributed by atoms with Crippen molar-refractivity contribution in [2.75, 3.05) is 5.32 Å². The molecule has 1 amide bonds. The zero-order chi connectivity index (χ0) is 16.8. The van der Waals surface area contributed by atoms with Gasteiger partial charge in [-0.3, -0.25) is 9.59 Å². The summed E-state index contributed by atoms with van der Waals surface area (Å²) in [5, 5.41) is 8.45. The molecule has 0 atom stereocenters. The van der Waals surface area contributed by atoms with E-state index < -0.39 is 0 Å². The van der Waals surface area contributed by atoms with Crippen LogP contribution in [0.1, 0.15) is 31.4 Å². The van der Waals surface area contributed by atoms with Crippen LogP contribution >= 0.6 is 0 Å². The Morgan fingerprint density at radius 1 is 1.33 bits per heavy atom. The van der Waals surface area contributed by atoms with Gasteiger partial charge in [0, 0.05) is 49.8 Å². The first-order valence-electron chi connectivity index (χ1n) is 7.86. The molecule has 0 saturated heterocycles. The van der Waals surface area contributed by atoms with Crippen LogP contribution < -0.4 is 10.9 Å². The molecule has 122 valence electrons. The fraction of sp³-hybridized carbons (Fsp3) is 0.294. The third kappa shape index (κ3) is 2.47. The lowest BCUT2D eigenvalue weighted by atomic mass is 10.2. The minimum Gasteiger partial charge on any atom is -0.316 e. The average molecular weight is 323 g/mol. The predicted molar refractivity (Wildman–Crippen MR) is 90.4 cm³/mol. The standard InChI is InChI=1S/C17H17N5O2/c1-10(23)19-15-7-14-13(8-18-15)17(11-3-4-11)20-22(14)12-5-6-16(24)21(2)9-12/h5-9,11H,3-4H2,1-2H3,(H,18,19,23). The number of hydrogen-bond donors (Lipinski definition) is 1. The highest BCUT2D eigenvalue weighted by Crippen LogP contribution is 2.42. The molecule has 7 nitrogen and oxygen atoms in total. The fourth-order valence-corrected chi connectivity index (χ4v) is 2.84. The van der Waals surface area contributed by atoms with Crippen LogP contribution in [-0.4, -0.2) is 25.2 Å². The number of carbonyl (C=O) groups is 1. The van der Waals surface area contributed by atoms with Gasteiger partial charge in [-0.15, -0.1) is 0 Å². The molecule has 3 aromatic heterocycles. The number of rotatable bonds is 3. The van der Waals surface area contributed by atoms with E-state index in [1.165, 1.54) is 17.6 Å². The summed E-state index contributed by atoms with van der Waals surface area (Å²) in [6.07, 6.45) is 5.78. The largest absolute Gasteiger partial charge is 0.316 e. The Morgan fingerprint density at radius 2 is 2.12 bits per heavy atom. The van der Waals surface area contributed by atoms with E-state index in [9.17, 15) is 9.59 Å². The first kappa shape index (κ1) is 14.6. The second kappa shape index (κ2) is 5.30. The highest BCUT2D eigenvalue weighted by atomic mass is 16.1. The quantitative estimate of drug-likeness (QED) is 0.799. The van der Waals surface area contributed by atoms with Gasteiger partial charge < -0.3 is 9.88 Å². The third-order valence-electron chi connectivity index (χ3n) is 4.18. The smallest absolute Gasteiger partial charge is 0.250 e. The maximum absolute atomic E-state index is 11.6. The monoisotopic (exact) mass is 323 g/mol. The molecule has 0 bridgehead atoms. The van der Waals surface area contributed by atoms with Gasteiger partial charge in [-0.25, -0.2) is 9.67 Å². The summed E-state index contributed by atoms with van der Waals surface area (Å²) >= 11 is 0. The van der Waals surface area contributed by atoms with Crippen molar-refractivity contribution < 1.29 is 4.79 Å². The molecule has 24 heavy (non-hydrogen) atoms. The Morgan fingerprint density at radius 3 is 2.79 bits per heavy atom. The average Bonchev–Trinajstić information content (AvgIpc) is 3.31. The summed E-state index contributed by atoms with van der Waals surface area (Å²) in [6.45, 7) is 1.45. The van der Waals surface area contributed by atoms with E-state index in [1.807, 2.05) is 10.7 Å². The highest BCUT2D eigenvalue weighted by Gasteiger charge is 2.29. The number of aromatic nitrogens is 4. The number of amides is 1. The van der Waals surface area contributed by atoms with Crippen molar-refractivity contribution in [1.29, 1.82) is 0 Å². The summed E-state index contributed by atoms with van der Waals surface area (Å²) in [4.78, 5) is 27.3. The number of hydrogen-bond acceptors (Lipinski definition) is 4. The lowest BCUT2D eigenvalue weighted by Gasteiger charge is -2.06. The van der Waals surface area contributed by atoms with Gasteiger partial charge in [0.25, 0.3) is 0 Å². The summed E-state index contributed by atoms with van der Waals surface area (Å²) in [5.74, 6) is 0.787. The van der Waals surface area contributed by atoms with Gasteiger partial charge in [-0.05, 0) is 18.9 Å². The lowest BCUT2D eigenvalue weighted by molar-refractivity contribution is -0.114. The van der Waals surface area contributed by atoms with Crippen LogP contribution in [0.4, 0.5) is 5.82 Å². The van der Waals surface area contributed by atoms with Crippen molar-refractivity contribution in [3.05, 3.63) is 46.6 Å². The van der Waals surface area contributed by atoms with E-state index in [0.29, 0.717) is 11.7 Å². The first-order valence-corrected chi connectivity index (χ1v) is 7.86. The van der Waals surface area contributed by atoms with Gasteiger partial charge in [0.1, 0.15) is 5.82 Å². The summed E-state index contributed by atoms with van der Waals surface area (Å²) in [6, 6.07) is 5.10. The number of anilines is 1. The second-order valence-corrected chi connectivity index (χ2v) is 6.18. The molecular weight excluding hydrogens is 306 g/mol. The van der Waals surface area contributed by atoms with Crippen LogP contribution in [0.3, 0.4) is 0 Å². The fourth-order valence-electron chi connectivity index (χ4n) is 2.84. The van der Waals surface area contributed by atoms with E-state index >= 15 is 0 Å². The minimum absolute atomic E-state index is 0.0711. The summed E-state index contributed by atoms with van der Waals surface area (Å²) in [5.41, 5.74) is 2.63. The number of fused-ring (bicyclic) bond motifs is 1. The molecule has 0 radical (unpaired) electrons. The van der Waals surface area contributed by atoms with Crippen LogP contribution in [0.25, 0.3) is 16.6 Å². The molecule has 3 aromatic rings. The van der Waals surface area contributed by atoms with E-state index in [4.69, 9.17) is 5.10 Å². The predicted octanol–water partition coefficient (Wildman–Crippen LogP) is 1.95. The van der Waals surface area contributed by atoms with Crippen LogP contribution in [0.5, 0.6) is 0 Å². The number of carbonyl (C=O) groups excluding carboxylic acids is 1. The topological polar surface area (TPSA) is 81.8 Å². The Hall–Kier alpha value is -2.96. The SMILES string of the molecule is CC(=O)Nc1cc2c(cn1)c(C1CC1)nn2-c1ccc(=O)n(C)c1. The molecule has 0 aromatic carbocycles. The van der Waals surface area contributed by atoms with Crippen LogP contribution in [0.15, 0.2) is 35.4 Å². The van der Waals surface area contributed by atoms with E-state index in [0.717, 1.165) is 35.1 Å². The summed E-state index contributed by atoms with van der Waals surface area (Å²) < 4.78 is 3.34. The number of pyridine rings is 2. The van der Waals surface area contributed by atoms with E-state index in [1.54, 1.807) is 25.5 Å². The van der Waals surface area contributed by atoms with Gasteiger partial charge in [0.05, 0.1) is 16.9 Å². The van der Waals surface area contributed by atoms with E-state index in [-0.39, 0.29) is 11.5 Å². The minimum atomic E-state index is -0.169. The Labute approximate surface area is 137 Å². The van der Waals surface area contributed by atoms with Gasteiger partial charge in [0.2, 0.25) is 11.5 Å². The van der Waals surface area contributed by atoms with Crippen molar-refractivity contribution >= 4 is 22.6 Å². The Kier molecular flexibility index (Phi) is 3.23. The maximum atomic E-state index is 11.6. The molecule has 4 rings (SSSR count). The highest BCUT2D eigenvalue weighted by molar-refractivity contribution is 5.91. The first-order chi connectivity index (χ1) is 11.5. The molecule has 3 heterocycles. The van der Waals surface area contributed by atoms with Crippen molar-refractivity contribution in [2.24, 2.45) is 7.05 Å². The lowest BCUT2D eigenvalue weighted by Crippen LogP contribution is -2.15. The van der Waals surface area contributed by atoms with Gasteiger partial charge in [-0.1, -0.05) is 0 Å². The molecule has 1 saturated carbocycles. The van der Waals surface area contributed by atoms with Crippen molar-refractivity contribution in [3.63, 3.8) is 0 Å². The van der Waals surface area contributed by atoms with Crippen molar-refractivity contribution in [1.82, 2.24) is 19.3 Å². The maximum Gasteiger partial charge on any atom is 0.250 e. The van der Waals surface area contributed by atoms with Crippen LogP contribution in [0, 0.1) is 0 Å². The number of nitrogens with one attached hydrogen (secondary N) is 1. The van der Waals surface area contributed by atoms with Crippen molar-refractivity contribution in [3.8, 4) is 5.69 Å². The molecule has 7 heteroatoms. The normalized spacial score (nSPS) is 14.1. The zero-order valence-electron chi connectivity index (χ0n) is 13.5. The molecule has 0 unspecified atom stereocenters. The van der Waals surface area contributed by atoms with Gasteiger partial charge in [0.15, 0.2) is 0 Å². The molecule has 1 aliphatic rings. The molecular formula is C17H17N5O2. The van der Waals surface area contributed by atoms with Crippen molar-refractivity contribution in [2.45, 2.75) is 25.7 Å². The van der Waals surface area contributed by atoms with Crippen LogP contribution in [-0.2, 0) is 11.8 Å². The van der Waals surface area contributed by atoms with E-state index in [2.05, 4.69) is 10.3 Å².